The number of hydrogen-bond donors (Lipinski definition) is 4. The molecule has 0 atom stereocenters. The van der Waals surface area contributed by atoms with Crippen LogP contribution in [0.5, 0.6) is 35.0 Å². The van der Waals surface area contributed by atoms with Crippen molar-refractivity contribution < 1.29 is 81.6 Å². The van der Waals surface area contributed by atoms with Crippen LogP contribution in [0.3, 0.4) is 0 Å². The first-order chi connectivity index (χ1) is 20.2. The molecule has 2 aromatic carbocycles. The number of aromatic hydroxyl groups is 4. The Kier molecular flexibility index (Phi) is 6.69. The molecule has 1 aliphatic carbocycles. The van der Waals surface area contributed by atoms with Gasteiger partial charge in [-0.15, -0.1) is 26.3 Å². The second kappa shape index (κ2) is 9.70. The fourth-order valence-electron chi connectivity index (χ4n) is 3.98. The van der Waals surface area contributed by atoms with Crippen LogP contribution >= 0.6 is 0 Å². The second-order valence-electron chi connectivity index (χ2n) is 8.48. The summed E-state index contributed by atoms with van der Waals surface area (Å²) in [5.74, 6) is -6.32. The summed E-state index contributed by atoms with van der Waals surface area (Å²) < 4.78 is 141. The molecule has 0 saturated heterocycles. The van der Waals surface area contributed by atoms with Crippen LogP contribution in [0.1, 0.15) is 0 Å². The number of ether oxygens (including phenoxy) is 2. The number of hydrogen-bond acceptors (Lipinski definition) is 12. The van der Waals surface area contributed by atoms with E-state index in [-0.39, 0.29) is 9.46 Å². The van der Waals surface area contributed by atoms with Gasteiger partial charge in [0.05, 0.1) is 22.3 Å². The number of halogens is 6. The topological polar surface area (TPSA) is 196 Å². The van der Waals surface area contributed by atoms with Crippen LogP contribution in [-0.2, 0) is 20.2 Å². The number of fused-ring (bicyclic) bond motifs is 4. The standard InChI is InChI=1S/C22H12F6N2O12S2/c23-21(24,25)39-9-1-5-11(6-2-9)43(35,36)41-29-17(31)13-14(18(29)32)16-15(13)19(33)30(20(16)34)42-44(37,38)12-7-3-10(4-8-12)40-22(26,27)28/h1-8,31-34H. The molecule has 14 nitrogen and oxygen atoms in total. The van der Waals surface area contributed by atoms with Gasteiger partial charge in [-0.2, -0.15) is 16.8 Å². The summed E-state index contributed by atoms with van der Waals surface area (Å²) in [5, 5.41) is 42.1. The van der Waals surface area contributed by atoms with Gasteiger partial charge in [0.1, 0.15) is 21.3 Å². The van der Waals surface area contributed by atoms with E-state index in [0.717, 1.165) is 0 Å². The molecule has 0 bridgehead atoms. The van der Waals surface area contributed by atoms with Crippen molar-refractivity contribution in [2.75, 3.05) is 0 Å². The quantitative estimate of drug-likeness (QED) is 0.176. The average molecular weight is 674 g/mol. The number of benzene rings is 2. The Labute approximate surface area is 239 Å². The van der Waals surface area contributed by atoms with E-state index in [4.69, 9.17) is 0 Å². The summed E-state index contributed by atoms with van der Waals surface area (Å²) in [5.41, 5.74) is -2.21. The van der Waals surface area contributed by atoms with Crippen LogP contribution in [0, 0.1) is 0 Å². The average Bonchev–Trinajstić information content (AvgIpc) is 3.18. The predicted molar refractivity (Wildman–Crippen MR) is 127 cm³/mol. The number of rotatable bonds is 8. The third-order valence-electron chi connectivity index (χ3n) is 5.70. The Balaban J connectivity index is 1.41. The van der Waals surface area contributed by atoms with Crippen molar-refractivity contribution in [3.05, 3.63) is 48.5 Å². The molecule has 0 saturated carbocycles. The van der Waals surface area contributed by atoms with Gasteiger partial charge in [-0.1, -0.05) is 9.46 Å². The Bertz CT molecular complexity index is 1790. The van der Waals surface area contributed by atoms with Crippen molar-refractivity contribution in [3.8, 4) is 57.3 Å². The molecule has 0 fully saturated rings. The molecule has 22 heteroatoms. The van der Waals surface area contributed by atoms with Crippen molar-refractivity contribution in [2.24, 2.45) is 0 Å². The highest BCUT2D eigenvalue weighted by Gasteiger charge is 2.46. The van der Waals surface area contributed by atoms with E-state index in [1.54, 1.807) is 0 Å². The van der Waals surface area contributed by atoms with Crippen LogP contribution in [0.25, 0.3) is 22.3 Å². The highest BCUT2D eigenvalue weighted by Crippen LogP contribution is 2.64. The van der Waals surface area contributed by atoms with E-state index < -0.39 is 100 Å². The van der Waals surface area contributed by atoms with E-state index in [9.17, 15) is 63.6 Å². The van der Waals surface area contributed by atoms with Gasteiger partial charge in [-0.25, -0.2) is 0 Å². The summed E-state index contributed by atoms with van der Waals surface area (Å²) in [7, 11) is -9.92. The van der Waals surface area contributed by atoms with Crippen LogP contribution < -0.4 is 18.0 Å². The summed E-state index contributed by atoms with van der Waals surface area (Å²) >= 11 is 0. The molecule has 0 amide bonds. The van der Waals surface area contributed by atoms with Crippen molar-refractivity contribution in [3.63, 3.8) is 0 Å². The lowest BCUT2D eigenvalue weighted by Gasteiger charge is -2.13. The van der Waals surface area contributed by atoms with Crippen molar-refractivity contribution in [2.45, 2.75) is 22.5 Å². The van der Waals surface area contributed by atoms with Gasteiger partial charge in [-0.3, -0.25) is 8.57 Å². The Morgan fingerprint density at radius 3 is 0.977 bits per heavy atom. The third-order valence-corrected chi connectivity index (χ3v) is 8.09. The van der Waals surface area contributed by atoms with Gasteiger partial charge < -0.3 is 29.9 Å². The maximum atomic E-state index is 12.6. The lowest BCUT2D eigenvalue weighted by molar-refractivity contribution is -0.275. The first-order valence-electron chi connectivity index (χ1n) is 11.2. The van der Waals surface area contributed by atoms with Gasteiger partial charge in [0.2, 0.25) is 23.5 Å². The zero-order valence-electron chi connectivity index (χ0n) is 20.7. The number of alkyl halides is 6. The molecule has 2 heterocycles. The molecule has 1 aliphatic rings. The molecule has 44 heavy (non-hydrogen) atoms. The van der Waals surface area contributed by atoms with Gasteiger partial charge in [0.25, 0.3) is 0 Å². The minimum Gasteiger partial charge on any atom is -0.492 e. The molecule has 0 unspecified atom stereocenters. The summed E-state index contributed by atoms with van der Waals surface area (Å²) in [6.45, 7) is 0. The van der Waals surface area contributed by atoms with Gasteiger partial charge in [0, 0.05) is 0 Å². The molecule has 236 valence electrons. The van der Waals surface area contributed by atoms with Crippen LogP contribution in [0.4, 0.5) is 26.3 Å². The lowest BCUT2D eigenvalue weighted by atomic mass is 9.86. The highest BCUT2D eigenvalue weighted by molar-refractivity contribution is 7.87. The van der Waals surface area contributed by atoms with Gasteiger partial charge >= 0.3 is 33.0 Å². The van der Waals surface area contributed by atoms with E-state index in [1.165, 1.54) is 0 Å². The SMILES string of the molecule is O=S(=O)(On1c(O)c2c(c1O)-c1c-2c(O)n(OS(=O)(=O)c2ccc(OC(F)(F)F)cc2)c1O)c1ccc(OC(F)(F)F)cc1. The summed E-state index contributed by atoms with van der Waals surface area (Å²) in [6, 6.07) is 5.15. The molecule has 4 N–H and O–H groups in total. The first-order valence-corrected chi connectivity index (χ1v) is 14.0. The smallest absolute Gasteiger partial charge is 0.492 e. The van der Waals surface area contributed by atoms with E-state index in [1.807, 2.05) is 0 Å². The minimum atomic E-state index is -5.06. The van der Waals surface area contributed by atoms with Gasteiger partial charge in [0.15, 0.2) is 0 Å². The van der Waals surface area contributed by atoms with Crippen molar-refractivity contribution >= 4 is 20.2 Å². The fraction of sp³-hybridized carbons (Fsp3) is 0.0909. The lowest BCUT2D eigenvalue weighted by Crippen LogP contribution is -2.20. The Morgan fingerprint density at radius 1 is 0.500 bits per heavy atom. The zero-order valence-corrected chi connectivity index (χ0v) is 22.3. The summed E-state index contributed by atoms with van der Waals surface area (Å²) in [4.78, 5) is -1.51. The van der Waals surface area contributed by atoms with E-state index in [0.29, 0.717) is 48.5 Å². The largest absolute Gasteiger partial charge is 0.573 e. The van der Waals surface area contributed by atoms with Crippen LogP contribution in [0.15, 0.2) is 58.3 Å². The monoisotopic (exact) mass is 674 g/mol. The van der Waals surface area contributed by atoms with E-state index >= 15 is 0 Å². The molecule has 2 aromatic heterocycles. The molecule has 0 radical (unpaired) electrons. The molecule has 4 aromatic rings. The number of nitrogens with zero attached hydrogens (tertiary/aromatic N) is 2. The maximum absolute atomic E-state index is 12.6. The Morgan fingerprint density at radius 2 is 0.750 bits per heavy atom. The predicted octanol–water partition coefficient (Wildman–Crippen LogP) is 3.19. The van der Waals surface area contributed by atoms with Crippen LogP contribution in [0.2, 0.25) is 0 Å². The highest BCUT2D eigenvalue weighted by atomic mass is 32.2. The molecular formula is C22H12F6N2O12S2. The van der Waals surface area contributed by atoms with Crippen LogP contribution in [-0.4, -0.2) is 59.4 Å². The third kappa shape index (κ3) is 5.27. The molecule has 0 spiro atoms. The van der Waals surface area contributed by atoms with E-state index in [2.05, 4.69) is 18.0 Å². The van der Waals surface area contributed by atoms with Gasteiger partial charge in [-0.05, 0) is 48.5 Å². The van der Waals surface area contributed by atoms with Crippen molar-refractivity contribution in [1.29, 1.82) is 0 Å². The number of aromatic nitrogens is 2. The maximum Gasteiger partial charge on any atom is 0.573 e. The molecular weight excluding hydrogens is 662 g/mol. The fourth-order valence-corrected chi connectivity index (χ4v) is 5.76. The zero-order chi connectivity index (χ0) is 32.6. The summed E-state index contributed by atoms with van der Waals surface area (Å²) in [6.07, 6.45) is -10.1. The normalized spacial score (nSPS) is 13.0. The second-order valence-corrected chi connectivity index (χ2v) is 11.5. The minimum absolute atomic E-state index is 0.0640. The first kappa shape index (κ1) is 30.3. The molecule has 5 rings (SSSR count). The Hall–Kier alpha value is -5.12. The molecule has 0 aliphatic heterocycles. The van der Waals surface area contributed by atoms with Crippen molar-refractivity contribution in [1.82, 2.24) is 9.46 Å².